The van der Waals surface area contributed by atoms with Crippen molar-refractivity contribution in [3.63, 3.8) is 0 Å². The summed E-state index contributed by atoms with van der Waals surface area (Å²) in [6.45, 7) is 4.38. The molecule has 0 bridgehead atoms. The van der Waals surface area contributed by atoms with Crippen LogP contribution in [0.15, 0.2) is 0 Å². The molecule has 7 heteroatoms. The Balaban J connectivity index is 1.87. The number of thiophene rings is 1. The molecule has 0 spiro atoms. The second kappa shape index (κ2) is 5.63. The first-order chi connectivity index (χ1) is 10.8. The molecule has 23 heavy (non-hydrogen) atoms. The number of carbonyl (C=O) groups is 3. The SMILES string of the molecule is CC1(C)CCc2c(sc(NC(=O)[C@@H]3CCC(=O)O3)c2C(N)=O)C1. The minimum atomic E-state index is -0.779. The number of primary amides is 1. The van der Waals surface area contributed by atoms with Crippen molar-refractivity contribution >= 4 is 34.1 Å². The monoisotopic (exact) mass is 336 g/mol. The molecule has 1 aliphatic carbocycles. The lowest BCUT2D eigenvalue weighted by molar-refractivity contribution is -0.146. The van der Waals surface area contributed by atoms with E-state index in [1.54, 1.807) is 0 Å². The Morgan fingerprint density at radius 2 is 2.09 bits per heavy atom. The van der Waals surface area contributed by atoms with Crippen molar-refractivity contribution in [3.05, 3.63) is 16.0 Å². The normalized spacial score (nSPS) is 22.3. The zero-order valence-electron chi connectivity index (χ0n) is 13.2. The molecule has 1 fully saturated rings. The summed E-state index contributed by atoms with van der Waals surface area (Å²) in [5.74, 6) is -1.29. The molecule has 3 N–H and O–H groups in total. The highest BCUT2D eigenvalue weighted by Gasteiger charge is 2.34. The first-order valence-electron chi connectivity index (χ1n) is 7.71. The van der Waals surface area contributed by atoms with Crippen LogP contribution in [0.3, 0.4) is 0 Å². The maximum atomic E-state index is 12.2. The lowest BCUT2D eigenvalue weighted by atomic mass is 9.77. The minimum absolute atomic E-state index is 0.176. The van der Waals surface area contributed by atoms with Gasteiger partial charge in [0.1, 0.15) is 5.00 Å². The van der Waals surface area contributed by atoms with Crippen molar-refractivity contribution in [2.24, 2.45) is 11.1 Å². The quantitative estimate of drug-likeness (QED) is 0.825. The average Bonchev–Trinajstić information content (AvgIpc) is 3.00. The Bertz CT molecular complexity index is 692. The number of hydrogen-bond donors (Lipinski definition) is 2. The van der Waals surface area contributed by atoms with Crippen LogP contribution in [0.1, 0.15) is 53.9 Å². The fourth-order valence-corrected chi connectivity index (χ4v) is 4.67. The number of nitrogens with two attached hydrogens (primary N) is 1. The number of amides is 2. The molecule has 1 aromatic heterocycles. The Hall–Kier alpha value is -1.89. The van der Waals surface area contributed by atoms with Crippen LogP contribution in [0.5, 0.6) is 0 Å². The number of anilines is 1. The van der Waals surface area contributed by atoms with E-state index in [1.807, 2.05) is 0 Å². The third-order valence-electron chi connectivity index (χ3n) is 4.44. The van der Waals surface area contributed by atoms with Gasteiger partial charge in [0.2, 0.25) is 0 Å². The molecular weight excluding hydrogens is 316 g/mol. The van der Waals surface area contributed by atoms with Crippen molar-refractivity contribution in [1.29, 1.82) is 0 Å². The van der Waals surface area contributed by atoms with E-state index in [0.717, 1.165) is 29.7 Å². The third-order valence-corrected chi connectivity index (χ3v) is 5.59. The number of carbonyl (C=O) groups excluding carboxylic acids is 3. The molecule has 0 unspecified atom stereocenters. The van der Waals surface area contributed by atoms with E-state index < -0.39 is 17.9 Å². The molecule has 1 saturated heterocycles. The largest absolute Gasteiger partial charge is 0.452 e. The van der Waals surface area contributed by atoms with Crippen LogP contribution >= 0.6 is 11.3 Å². The molecule has 124 valence electrons. The van der Waals surface area contributed by atoms with Gasteiger partial charge in [-0.05, 0) is 30.2 Å². The fourth-order valence-electron chi connectivity index (χ4n) is 3.16. The first-order valence-corrected chi connectivity index (χ1v) is 8.53. The molecule has 2 heterocycles. The van der Waals surface area contributed by atoms with Crippen molar-refractivity contribution in [3.8, 4) is 0 Å². The lowest BCUT2D eigenvalue weighted by Crippen LogP contribution is -2.28. The topological polar surface area (TPSA) is 98.5 Å². The summed E-state index contributed by atoms with van der Waals surface area (Å²) in [6, 6.07) is 0. The molecule has 2 aliphatic rings. The molecule has 3 rings (SSSR count). The van der Waals surface area contributed by atoms with Gasteiger partial charge >= 0.3 is 5.97 Å². The summed E-state index contributed by atoms with van der Waals surface area (Å²) >= 11 is 1.41. The molecular formula is C16H20N2O4S. The Labute approximate surface area is 138 Å². The predicted octanol–water partition coefficient (Wildman–Crippen LogP) is 2.01. The zero-order valence-corrected chi connectivity index (χ0v) is 14.0. The highest BCUT2D eigenvalue weighted by molar-refractivity contribution is 7.17. The van der Waals surface area contributed by atoms with E-state index >= 15 is 0 Å². The van der Waals surface area contributed by atoms with E-state index in [0.29, 0.717) is 17.0 Å². The van der Waals surface area contributed by atoms with E-state index in [2.05, 4.69) is 19.2 Å². The number of fused-ring (bicyclic) bond motifs is 1. The first kappa shape index (κ1) is 16.0. The Morgan fingerprint density at radius 1 is 1.35 bits per heavy atom. The maximum Gasteiger partial charge on any atom is 0.306 e. The van der Waals surface area contributed by atoms with Gasteiger partial charge in [-0.3, -0.25) is 14.4 Å². The van der Waals surface area contributed by atoms with E-state index in [4.69, 9.17) is 10.5 Å². The third kappa shape index (κ3) is 3.10. The lowest BCUT2D eigenvalue weighted by Gasteiger charge is -2.29. The Morgan fingerprint density at radius 3 is 2.70 bits per heavy atom. The van der Waals surface area contributed by atoms with Gasteiger partial charge in [-0.15, -0.1) is 11.3 Å². The summed E-state index contributed by atoms with van der Waals surface area (Å²) in [6.07, 6.45) is 2.46. The summed E-state index contributed by atoms with van der Waals surface area (Å²) in [5.41, 5.74) is 7.08. The summed E-state index contributed by atoms with van der Waals surface area (Å²) in [4.78, 5) is 36.4. The van der Waals surface area contributed by atoms with Gasteiger partial charge in [-0.2, -0.15) is 0 Å². The summed E-state index contributed by atoms with van der Waals surface area (Å²) in [5, 5.41) is 3.22. The number of esters is 1. The molecule has 2 amide bonds. The molecule has 0 radical (unpaired) electrons. The second-order valence-corrected chi connectivity index (χ2v) is 8.02. The van der Waals surface area contributed by atoms with E-state index in [1.165, 1.54) is 11.3 Å². The van der Waals surface area contributed by atoms with Crippen molar-refractivity contribution in [1.82, 2.24) is 0 Å². The zero-order chi connectivity index (χ0) is 16.8. The van der Waals surface area contributed by atoms with Gasteiger partial charge in [0.15, 0.2) is 6.10 Å². The number of rotatable bonds is 3. The predicted molar refractivity (Wildman–Crippen MR) is 86.4 cm³/mol. The smallest absolute Gasteiger partial charge is 0.306 e. The molecule has 1 aliphatic heterocycles. The summed E-state index contributed by atoms with van der Waals surface area (Å²) in [7, 11) is 0. The summed E-state index contributed by atoms with van der Waals surface area (Å²) < 4.78 is 4.97. The highest BCUT2D eigenvalue weighted by Crippen LogP contribution is 2.43. The molecule has 0 aromatic carbocycles. The van der Waals surface area contributed by atoms with Gasteiger partial charge in [-0.25, -0.2) is 0 Å². The van der Waals surface area contributed by atoms with Crippen LogP contribution < -0.4 is 11.1 Å². The van der Waals surface area contributed by atoms with Crippen LogP contribution in [-0.2, 0) is 27.2 Å². The van der Waals surface area contributed by atoms with Crippen LogP contribution in [0, 0.1) is 5.41 Å². The second-order valence-electron chi connectivity index (χ2n) is 6.92. The molecule has 6 nitrogen and oxygen atoms in total. The average molecular weight is 336 g/mol. The molecule has 1 atom stereocenters. The van der Waals surface area contributed by atoms with Crippen molar-refractivity contribution in [2.75, 3.05) is 5.32 Å². The van der Waals surface area contributed by atoms with Crippen LogP contribution in [0.4, 0.5) is 5.00 Å². The van der Waals surface area contributed by atoms with Gasteiger partial charge in [0.25, 0.3) is 11.8 Å². The van der Waals surface area contributed by atoms with Crippen molar-refractivity contribution < 1.29 is 19.1 Å². The number of nitrogens with one attached hydrogen (secondary N) is 1. The number of cyclic esters (lactones) is 1. The number of hydrogen-bond acceptors (Lipinski definition) is 5. The van der Waals surface area contributed by atoms with E-state index in [9.17, 15) is 14.4 Å². The van der Waals surface area contributed by atoms with Gasteiger partial charge < -0.3 is 15.8 Å². The Kier molecular flexibility index (Phi) is 3.91. The number of ether oxygens (including phenoxy) is 1. The standard InChI is InChI=1S/C16H20N2O4S/c1-16(2)6-5-8-10(7-16)23-15(12(8)13(17)20)18-14(21)9-3-4-11(19)22-9/h9H,3-7H2,1-2H3,(H2,17,20)(H,18,21)/t9-/m0/s1. The minimum Gasteiger partial charge on any atom is -0.452 e. The van der Waals surface area contributed by atoms with Crippen LogP contribution in [0.2, 0.25) is 0 Å². The molecule has 0 saturated carbocycles. The molecule has 1 aromatic rings. The fraction of sp³-hybridized carbons (Fsp3) is 0.562. The van der Waals surface area contributed by atoms with Gasteiger partial charge in [0.05, 0.1) is 5.56 Å². The maximum absolute atomic E-state index is 12.2. The van der Waals surface area contributed by atoms with Crippen LogP contribution in [-0.4, -0.2) is 23.9 Å². The van der Waals surface area contributed by atoms with E-state index in [-0.39, 0.29) is 17.8 Å². The van der Waals surface area contributed by atoms with Crippen LogP contribution in [0.25, 0.3) is 0 Å². The van der Waals surface area contributed by atoms with Gasteiger partial charge in [0, 0.05) is 17.7 Å². The van der Waals surface area contributed by atoms with Crippen molar-refractivity contribution in [2.45, 2.75) is 52.1 Å². The van der Waals surface area contributed by atoms with Gasteiger partial charge in [-0.1, -0.05) is 13.8 Å². The highest BCUT2D eigenvalue weighted by atomic mass is 32.1.